The predicted octanol–water partition coefficient (Wildman–Crippen LogP) is 1.87. The van der Waals surface area contributed by atoms with E-state index in [1.54, 1.807) is 0 Å². The Balaban J connectivity index is 1.65. The van der Waals surface area contributed by atoms with Gasteiger partial charge in [0.25, 0.3) is 0 Å². The van der Waals surface area contributed by atoms with Crippen molar-refractivity contribution in [3.63, 3.8) is 0 Å². The average molecular weight is 252 g/mol. The van der Waals surface area contributed by atoms with E-state index in [1.807, 2.05) is 0 Å². The standard InChI is InChI=1S/C15H28N2O/c1-16-15(11-4-3-7-18-10-11)12-8-13-5-6-14(9-12)17(13)2/h11-16H,3-10H2,1-2H3. The van der Waals surface area contributed by atoms with Crippen molar-refractivity contribution < 1.29 is 4.74 Å². The van der Waals surface area contributed by atoms with Crippen molar-refractivity contribution >= 4 is 0 Å². The van der Waals surface area contributed by atoms with Gasteiger partial charge in [-0.25, -0.2) is 0 Å². The zero-order valence-electron chi connectivity index (χ0n) is 11.9. The van der Waals surface area contributed by atoms with Crippen LogP contribution in [0.5, 0.6) is 0 Å². The van der Waals surface area contributed by atoms with Crippen LogP contribution in [0.2, 0.25) is 0 Å². The molecule has 2 bridgehead atoms. The van der Waals surface area contributed by atoms with Gasteiger partial charge in [0.05, 0.1) is 6.61 Å². The number of nitrogens with zero attached hydrogens (tertiary/aromatic N) is 1. The number of hydrogen-bond acceptors (Lipinski definition) is 3. The summed E-state index contributed by atoms with van der Waals surface area (Å²) in [4.78, 5) is 2.64. The molecule has 3 heterocycles. The minimum absolute atomic E-state index is 0.682. The molecule has 4 atom stereocenters. The first-order valence-electron chi connectivity index (χ1n) is 7.76. The molecule has 3 heteroatoms. The fourth-order valence-corrected chi connectivity index (χ4v) is 4.65. The van der Waals surface area contributed by atoms with E-state index in [1.165, 1.54) is 38.5 Å². The van der Waals surface area contributed by atoms with E-state index in [0.29, 0.717) is 6.04 Å². The van der Waals surface area contributed by atoms with Crippen molar-refractivity contribution in [1.82, 2.24) is 10.2 Å². The normalized spacial score (nSPS) is 43.0. The van der Waals surface area contributed by atoms with Crippen LogP contribution in [0.4, 0.5) is 0 Å². The summed E-state index contributed by atoms with van der Waals surface area (Å²) in [6.07, 6.45) is 8.25. The first-order chi connectivity index (χ1) is 8.79. The zero-order valence-corrected chi connectivity index (χ0v) is 11.9. The topological polar surface area (TPSA) is 24.5 Å². The second-order valence-corrected chi connectivity index (χ2v) is 6.57. The van der Waals surface area contributed by atoms with E-state index in [0.717, 1.165) is 37.1 Å². The Hall–Kier alpha value is -0.120. The number of ether oxygens (including phenoxy) is 1. The minimum atomic E-state index is 0.682. The maximum atomic E-state index is 5.70. The van der Waals surface area contributed by atoms with Gasteiger partial charge in [-0.05, 0) is 64.5 Å². The first kappa shape index (κ1) is 12.9. The summed E-state index contributed by atoms with van der Waals surface area (Å²) in [5.41, 5.74) is 0. The van der Waals surface area contributed by atoms with Crippen LogP contribution in [0.3, 0.4) is 0 Å². The summed E-state index contributed by atoms with van der Waals surface area (Å²) < 4.78 is 5.70. The Morgan fingerprint density at radius 3 is 2.39 bits per heavy atom. The Morgan fingerprint density at radius 1 is 1.11 bits per heavy atom. The van der Waals surface area contributed by atoms with Crippen LogP contribution in [-0.2, 0) is 4.74 Å². The highest BCUT2D eigenvalue weighted by atomic mass is 16.5. The third-order valence-corrected chi connectivity index (χ3v) is 5.68. The SMILES string of the molecule is CNC(C1CCCOC1)C1CC2CCC(C1)N2C. The fourth-order valence-electron chi connectivity index (χ4n) is 4.65. The highest BCUT2D eigenvalue weighted by molar-refractivity contribution is 4.98. The monoisotopic (exact) mass is 252 g/mol. The van der Waals surface area contributed by atoms with E-state index >= 15 is 0 Å². The van der Waals surface area contributed by atoms with Crippen LogP contribution in [-0.4, -0.2) is 50.3 Å². The van der Waals surface area contributed by atoms with Gasteiger partial charge in [0.1, 0.15) is 0 Å². The summed E-state index contributed by atoms with van der Waals surface area (Å²) >= 11 is 0. The van der Waals surface area contributed by atoms with Gasteiger partial charge in [-0.2, -0.15) is 0 Å². The molecule has 0 aromatic heterocycles. The van der Waals surface area contributed by atoms with Gasteiger partial charge in [-0.3, -0.25) is 0 Å². The zero-order chi connectivity index (χ0) is 12.5. The molecule has 0 amide bonds. The van der Waals surface area contributed by atoms with Crippen LogP contribution in [0, 0.1) is 11.8 Å². The molecule has 0 radical (unpaired) electrons. The van der Waals surface area contributed by atoms with Crippen LogP contribution >= 0.6 is 0 Å². The number of hydrogen-bond donors (Lipinski definition) is 1. The van der Waals surface area contributed by atoms with E-state index in [-0.39, 0.29) is 0 Å². The third-order valence-electron chi connectivity index (χ3n) is 5.68. The van der Waals surface area contributed by atoms with Crippen molar-refractivity contribution in [3.8, 4) is 0 Å². The smallest absolute Gasteiger partial charge is 0.0509 e. The molecule has 3 nitrogen and oxygen atoms in total. The van der Waals surface area contributed by atoms with Gasteiger partial charge in [-0.15, -0.1) is 0 Å². The predicted molar refractivity (Wildman–Crippen MR) is 73.7 cm³/mol. The maximum Gasteiger partial charge on any atom is 0.0509 e. The molecule has 3 aliphatic rings. The summed E-state index contributed by atoms with van der Waals surface area (Å²) in [5, 5.41) is 3.63. The lowest BCUT2D eigenvalue weighted by Crippen LogP contribution is -2.50. The molecule has 104 valence electrons. The minimum Gasteiger partial charge on any atom is -0.381 e. The van der Waals surface area contributed by atoms with Crippen LogP contribution in [0.1, 0.15) is 38.5 Å². The highest BCUT2D eigenvalue weighted by Crippen LogP contribution is 2.40. The Morgan fingerprint density at radius 2 is 1.83 bits per heavy atom. The summed E-state index contributed by atoms with van der Waals surface area (Å²) in [5.74, 6) is 1.62. The van der Waals surface area contributed by atoms with Gasteiger partial charge >= 0.3 is 0 Å². The Labute approximate surface area is 111 Å². The molecule has 3 saturated heterocycles. The van der Waals surface area contributed by atoms with Crippen molar-refractivity contribution in [2.75, 3.05) is 27.3 Å². The lowest BCUT2D eigenvalue weighted by molar-refractivity contribution is 0.0153. The molecule has 3 aliphatic heterocycles. The van der Waals surface area contributed by atoms with Gasteiger partial charge in [0, 0.05) is 24.7 Å². The van der Waals surface area contributed by atoms with Gasteiger partial charge in [0.15, 0.2) is 0 Å². The second kappa shape index (κ2) is 5.48. The fraction of sp³-hybridized carbons (Fsp3) is 1.00. The molecule has 0 aromatic carbocycles. The van der Waals surface area contributed by atoms with E-state index in [9.17, 15) is 0 Å². The van der Waals surface area contributed by atoms with Gasteiger partial charge < -0.3 is 15.0 Å². The summed E-state index contributed by atoms with van der Waals surface area (Å²) in [7, 11) is 4.48. The molecule has 0 spiro atoms. The second-order valence-electron chi connectivity index (χ2n) is 6.57. The largest absolute Gasteiger partial charge is 0.381 e. The lowest BCUT2D eigenvalue weighted by Gasteiger charge is -2.43. The number of fused-ring (bicyclic) bond motifs is 2. The van der Waals surface area contributed by atoms with E-state index < -0.39 is 0 Å². The molecule has 0 aromatic rings. The van der Waals surface area contributed by atoms with E-state index in [2.05, 4.69) is 24.3 Å². The van der Waals surface area contributed by atoms with Crippen molar-refractivity contribution in [2.45, 2.75) is 56.7 Å². The summed E-state index contributed by atoms with van der Waals surface area (Å²) in [6, 6.07) is 2.39. The van der Waals surface area contributed by atoms with Crippen LogP contribution in [0.15, 0.2) is 0 Å². The average Bonchev–Trinajstić information content (AvgIpc) is 2.64. The molecule has 0 saturated carbocycles. The Kier molecular flexibility index (Phi) is 3.92. The summed E-state index contributed by atoms with van der Waals surface area (Å²) in [6.45, 7) is 1.96. The molecule has 1 N–H and O–H groups in total. The molecule has 4 unspecified atom stereocenters. The molecule has 18 heavy (non-hydrogen) atoms. The van der Waals surface area contributed by atoms with Crippen molar-refractivity contribution in [2.24, 2.45) is 11.8 Å². The van der Waals surface area contributed by atoms with Crippen LogP contribution < -0.4 is 5.32 Å². The maximum absolute atomic E-state index is 5.70. The molecule has 3 rings (SSSR count). The van der Waals surface area contributed by atoms with E-state index in [4.69, 9.17) is 4.74 Å². The number of nitrogens with one attached hydrogen (secondary N) is 1. The molecular weight excluding hydrogens is 224 g/mol. The highest BCUT2D eigenvalue weighted by Gasteiger charge is 2.42. The quantitative estimate of drug-likeness (QED) is 0.830. The van der Waals surface area contributed by atoms with Crippen molar-refractivity contribution in [3.05, 3.63) is 0 Å². The van der Waals surface area contributed by atoms with Crippen LogP contribution in [0.25, 0.3) is 0 Å². The molecule has 3 fully saturated rings. The lowest BCUT2D eigenvalue weighted by atomic mass is 9.78. The molecular formula is C15H28N2O. The number of piperidine rings is 1. The molecule has 0 aliphatic carbocycles. The first-order valence-corrected chi connectivity index (χ1v) is 7.76. The third kappa shape index (κ3) is 2.33. The van der Waals surface area contributed by atoms with Gasteiger partial charge in [-0.1, -0.05) is 0 Å². The van der Waals surface area contributed by atoms with Crippen molar-refractivity contribution in [1.29, 1.82) is 0 Å². The Bertz CT molecular complexity index is 264. The van der Waals surface area contributed by atoms with Gasteiger partial charge in [0.2, 0.25) is 0 Å². The number of rotatable bonds is 3.